The molecule has 0 spiro atoms. The summed E-state index contributed by atoms with van der Waals surface area (Å²) < 4.78 is 5.03. The number of alkyl halides is 2. The lowest BCUT2D eigenvalue weighted by molar-refractivity contribution is -0.123. The first-order chi connectivity index (χ1) is 11.9. The lowest BCUT2D eigenvalue weighted by Gasteiger charge is -2.16. The van der Waals surface area contributed by atoms with Crippen molar-refractivity contribution in [1.29, 1.82) is 0 Å². The number of anilines is 1. The van der Waals surface area contributed by atoms with E-state index in [9.17, 15) is 14.4 Å². The number of amides is 2. The Morgan fingerprint density at radius 3 is 2.24 bits per heavy atom. The first-order valence-corrected chi connectivity index (χ1v) is 9.36. The summed E-state index contributed by atoms with van der Waals surface area (Å²) in [4.78, 5) is 33.8. The highest BCUT2D eigenvalue weighted by molar-refractivity contribution is 9.12. The van der Waals surface area contributed by atoms with E-state index >= 15 is 0 Å². The smallest absolute Gasteiger partial charge is 0.239 e. The van der Waals surface area contributed by atoms with Crippen molar-refractivity contribution in [3.8, 4) is 0 Å². The molecule has 2 atom stereocenters. The first-order valence-electron chi connectivity index (χ1n) is 7.53. The number of hydrogen-bond donors (Lipinski definition) is 3. The molecule has 2 amide bonds. The fourth-order valence-corrected chi connectivity index (χ4v) is 2.53. The van der Waals surface area contributed by atoms with Crippen molar-refractivity contribution < 1.29 is 24.2 Å². The van der Waals surface area contributed by atoms with Gasteiger partial charge in [-0.25, -0.2) is 0 Å². The highest BCUT2D eigenvalue weighted by Gasteiger charge is 2.29. The molecule has 0 saturated heterocycles. The third-order valence-electron chi connectivity index (χ3n) is 3.10. The van der Waals surface area contributed by atoms with Crippen LogP contribution in [0.25, 0.3) is 0 Å². The van der Waals surface area contributed by atoms with Gasteiger partial charge < -0.3 is 20.5 Å². The number of rotatable bonds is 10. The van der Waals surface area contributed by atoms with Crippen LogP contribution in [0.1, 0.15) is 17.3 Å². The number of Topliss-reactive ketones (excluding diaryl/α,β-unsaturated/α-hetero) is 1. The lowest BCUT2D eigenvalue weighted by Crippen LogP contribution is -2.42. The van der Waals surface area contributed by atoms with Crippen molar-refractivity contribution in [2.75, 3.05) is 31.7 Å². The van der Waals surface area contributed by atoms with Gasteiger partial charge in [0, 0.05) is 17.8 Å². The Bertz CT molecular complexity index is 595. The number of aliphatic hydroxyl groups excluding tert-OH is 1. The average molecular weight is 480 g/mol. The van der Waals surface area contributed by atoms with E-state index < -0.39 is 15.6 Å². The lowest BCUT2D eigenvalue weighted by atomic mass is 10.1. The first kappa shape index (κ1) is 21.8. The monoisotopic (exact) mass is 478 g/mol. The van der Waals surface area contributed by atoms with Gasteiger partial charge in [0.25, 0.3) is 0 Å². The summed E-state index contributed by atoms with van der Waals surface area (Å²) in [6.45, 7) is 2.14. The topological polar surface area (TPSA) is 105 Å². The van der Waals surface area contributed by atoms with Gasteiger partial charge in [-0.3, -0.25) is 14.4 Å². The zero-order valence-corrected chi connectivity index (χ0v) is 16.8. The van der Waals surface area contributed by atoms with Crippen LogP contribution in [-0.2, 0) is 14.3 Å². The van der Waals surface area contributed by atoms with Gasteiger partial charge in [-0.2, -0.15) is 0 Å². The van der Waals surface area contributed by atoms with Gasteiger partial charge in [-0.1, -0.05) is 31.9 Å². The second-order valence-electron chi connectivity index (χ2n) is 5.05. The number of halogens is 2. The molecule has 0 fully saturated rings. The number of benzene rings is 1. The summed E-state index contributed by atoms with van der Waals surface area (Å²) in [5, 5.41) is 13.9. The minimum absolute atomic E-state index is 0.0589. The number of carbonyl (C=O) groups is 3. The van der Waals surface area contributed by atoms with E-state index in [1.807, 2.05) is 0 Å². The molecule has 0 heterocycles. The summed E-state index contributed by atoms with van der Waals surface area (Å²) >= 11 is 6.39. The second-order valence-corrected chi connectivity index (χ2v) is 7.03. The standard InChI is InChI=1S/C16H20Br2N2O5/c1-10(22)11-2-4-12(5-3-11)20-16(24)14(18)13(17)15(23)19-6-8-25-9-7-21/h2-5,13-14,21H,6-9H2,1H3,(H,19,23)(H,20,24). The minimum Gasteiger partial charge on any atom is -0.394 e. The van der Waals surface area contributed by atoms with Gasteiger partial charge in [0.1, 0.15) is 9.65 Å². The summed E-state index contributed by atoms with van der Waals surface area (Å²) in [5.74, 6) is -0.822. The summed E-state index contributed by atoms with van der Waals surface area (Å²) in [7, 11) is 0. The Labute approximate surface area is 162 Å². The van der Waals surface area contributed by atoms with Crippen LogP contribution in [0.15, 0.2) is 24.3 Å². The van der Waals surface area contributed by atoms with Crippen LogP contribution in [-0.4, -0.2) is 58.7 Å². The van der Waals surface area contributed by atoms with Gasteiger partial charge in [0.05, 0.1) is 19.8 Å². The maximum absolute atomic E-state index is 12.2. The molecule has 0 aliphatic heterocycles. The van der Waals surface area contributed by atoms with E-state index in [1.54, 1.807) is 24.3 Å². The SMILES string of the molecule is CC(=O)c1ccc(NC(=O)C(Br)C(Br)C(=O)NCCOCCO)cc1. The van der Waals surface area contributed by atoms with Crippen LogP contribution >= 0.6 is 31.9 Å². The summed E-state index contributed by atoms with van der Waals surface area (Å²) in [6, 6.07) is 6.48. The van der Waals surface area contributed by atoms with Gasteiger partial charge >= 0.3 is 0 Å². The van der Waals surface area contributed by atoms with Crippen molar-refractivity contribution in [3.63, 3.8) is 0 Å². The van der Waals surface area contributed by atoms with Crippen LogP contribution in [0, 0.1) is 0 Å². The molecule has 138 valence electrons. The van der Waals surface area contributed by atoms with Gasteiger partial charge in [0.2, 0.25) is 11.8 Å². The molecule has 0 radical (unpaired) electrons. The van der Waals surface area contributed by atoms with Crippen LogP contribution in [0.5, 0.6) is 0 Å². The largest absolute Gasteiger partial charge is 0.394 e. The molecule has 1 aromatic rings. The highest BCUT2D eigenvalue weighted by Crippen LogP contribution is 2.18. The minimum atomic E-state index is -0.793. The molecule has 1 aromatic carbocycles. The molecule has 0 aliphatic rings. The number of nitrogens with one attached hydrogen (secondary N) is 2. The van der Waals surface area contributed by atoms with Crippen LogP contribution in [0.2, 0.25) is 0 Å². The molecule has 3 N–H and O–H groups in total. The molecule has 0 aliphatic carbocycles. The van der Waals surface area contributed by atoms with Crippen molar-refractivity contribution in [1.82, 2.24) is 5.32 Å². The van der Waals surface area contributed by atoms with E-state index in [1.165, 1.54) is 6.92 Å². The van der Waals surface area contributed by atoms with Crippen molar-refractivity contribution in [2.24, 2.45) is 0 Å². The molecule has 9 heteroatoms. The molecule has 0 bridgehead atoms. The molecule has 1 rings (SSSR count). The average Bonchev–Trinajstić information content (AvgIpc) is 2.60. The van der Waals surface area contributed by atoms with Crippen LogP contribution in [0.3, 0.4) is 0 Å². The van der Waals surface area contributed by atoms with Gasteiger partial charge in [0.15, 0.2) is 5.78 Å². The molecule has 2 unspecified atom stereocenters. The van der Waals surface area contributed by atoms with Crippen LogP contribution in [0.4, 0.5) is 5.69 Å². The highest BCUT2D eigenvalue weighted by atomic mass is 79.9. The Balaban J connectivity index is 2.48. The third-order valence-corrected chi connectivity index (χ3v) is 5.70. The number of ether oxygens (including phenoxy) is 1. The maximum Gasteiger partial charge on any atom is 0.239 e. The Kier molecular flexibility index (Phi) is 9.88. The van der Waals surface area contributed by atoms with Crippen molar-refractivity contribution >= 4 is 55.1 Å². The van der Waals surface area contributed by atoms with Crippen molar-refractivity contribution in [2.45, 2.75) is 16.6 Å². The maximum atomic E-state index is 12.2. The van der Waals surface area contributed by atoms with E-state index in [0.29, 0.717) is 11.3 Å². The normalized spacial score (nSPS) is 13.0. The third kappa shape index (κ3) is 7.64. The zero-order valence-electron chi connectivity index (χ0n) is 13.6. The van der Waals surface area contributed by atoms with E-state index in [4.69, 9.17) is 9.84 Å². The Morgan fingerprint density at radius 2 is 1.68 bits per heavy atom. The number of ketones is 1. The molecule has 0 saturated carbocycles. The van der Waals surface area contributed by atoms with Crippen LogP contribution < -0.4 is 10.6 Å². The predicted octanol–water partition coefficient (Wildman–Crippen LogP) is 1.48. The second kappa shape index (κ2) is 11.3. The number of hydrogen-bond acceptors (Lipinski definition) is 5. The Hall–Kier alpha value is -1.29. The summed E-state index contributed by atoms with van der Waals surface area (Å²) in [6.07, 6.45) is 0. The van der Waals surface area contributed by atoms with E-state index in [2.05, 4.69) is 42.5 Å². The number of carbonyl (C=O) groups excluding carboxylic acids is 3. The molecular formula is C16H20Br2N2O5. The summed E-state index contributed by atoms with van der Waals surface area (Å²) in [5.41, 5.74) is 1.08. The van der Waals surface area contributed by atoms with E-state index in [-0.39, 0.29) is 38.1 Å². The zero-order chi connectivity index (χ0) is 18.8. The van der Waals surface area contributed by atoms with Gasteiger partial charge in [-0.15, -0.1) is 0 Å². The quantitative estimate of drug-likeness (QED) is 0.268. The van der Waals surface area contributed by atoms with E-state index in [0.717, 1.165) is 0 Å². The molecule has 25 heavy (non-hydrogen) atoms. The molecule has 7 nitrogen and oxygen atoms in total. The number of aliphatic hydroxyl groups is 1. The van der Waals surface area contributed by atoms with Crippen molar-refractivity contribution in [3.05, 3.63) is 29.8 Å². The molecular weight excluding hydrogens is 460 g/mol. The molecule has 0 aromatic heterocycles. The Morgan fingerprint density at radius 1 is 1.08 bits per heavy atom. The van der Waals surface area contributed by atoms with Gasteiger partial charge in [-0.05, 0) is 31.2 Å². The predicted molar refractivity (Wildman–Crippen MR) is 101 cm³/mol. The fraction of sp³-hybridized carbons (Fsp3) is 0.438. The fourth-order valence-electron chi connectivity index (χ4n) is 1.78.